The maximum atomic E-state index is 12.3. The number of nitrogens with zero attached hydrogens (tertiary/aromatic N) is 3. The van der Waals surface area contributed by atoms with E-state index in [1.54, 1.807) is 17.0 Å². The number of benzene rings is 1. The number of anilines is 1. The normalized spacial score (nSPS) is 14.8. The predicted molar refractivity (Wildman–Crippen MR) is 104 cm³/mol. The first-order valence-corrected chi connectivity index (χ1v) is 9.86. The predicted octanol–water partition coefficient (Wildman–Crippen LogP) is 0.778. The first kappa shape index (κ1) is 18.3. The van der Waals surface area contributed by atoms with Crippen LogP contribution in [-0.4, -0.2) is 59.6 Å². The maximum Gasteiger partial charge on any atom is 0.289 e. The van der Waals surface area contributed by atoms with Crippen molar-refractivity contribution in [2.24, 2.45) is 0 Å². The number of carbonyl (C=O) groups excluding carboxylic acids is 2. The summed E-state index contributed by atoms with van der Waals surface area (Å²) in [5.74, 6) is 0.152. The van der Waals surface area contributed by atoms with Gasteiger partial charge in [0, 0.05) is 5.56 Å². The third kappa shape index (κ3) is 4.26. The SMILES string of the molecule is O=C(C[NH+]1CCN(C(=O)c2ccco2)CC1)Nc1nnc(-c2ccccc2)s1. The first-order chi connectivity index (χ1) is 13.7. The van der Waals surface area contributed by atoms with Gasteiger partial charge in [-0.2, -0.15) is 0 Å². The summed E-state index contributed by atoms with van der Waals surface area (Å²) in [6.07, 6.45) is 1.50. The van der Waals surface area contributed by atoms with E-state index in [0.29, 0.717) is 43.6 Å². The van der Waals surface area contributed by atoms with Gasteiger partial charge in [-0.1, -0.05) is 41.7 Å². The van der Waals surface area contributed by atoms with Crippen molar-refractivity contribution < 1.29 is 18.9 Å². The minimum Gasteiger partial charge on any atom is -0.459 e. The summed E-state index contributed by atoms with van der Waals surface area (Å²) >= 11 is 1.35. The van der Waals surface area contributed by atoms with Crippen LogP contribution in [0, 0.1) is 0 Å². The lowest BCUT2D eigenvalue weighted by Gasteiger charge is -2.31. The van der Waals surface area contributed by atoms with Crippen molar-refractivity contribution in [1.82, 2.24) is 15.1 Å². The Balaban J connectivity index is 1.26. The van der Waals surface area contributed by atoms with Gasteiger partial charge in [0.05, 0.1) is 32.4 Å². The molecule has 0 saturated carbocycles. The van der Waals surface area contributed by atoms with Crippen molar-refractivity contribution in [2.75, 3.05) is 38.0 Å². The highest BCUT2D eigenvalue weighted by Gasteiger charge is 2.27. The van der Waals surface area contributed by atoms with E-state index < -0.39 is 0 Å². The van der Waals surface area contributed by atoms with Crippen LogP contribution in [0.15, 0.2) is 53.1 Å². The monoisotopic (exact) mass is 398 g/mol. The minimum absolute atomic E-state index is 0.100. The average molecular weight is 398 g/mol. The van der Waals surface area contributed by atoms with Crippen LogP contribution in [0.1, 0.15) is 10.6 Å². The Morgan fingerprint density at radius 2 is 1.89 bits per heavy atom. The summed E-state index contributed by atoms with van der Waals surface area (Å²) in [6.45, 7) is 2.96. The van der Waals surface area contributed by atoms with Gasteiger partial charge in [0.25, 0.3) is 11.8 Å². The van der Waals surface area contributed by atoms with Crippen molar-refractivity contribution in [2.45, 2.75) is 0 Å². The van der Waals surface area contributed by atoms with Gasteiger partial charge in [-0.25, -0.2) is 0 Å². The molecule has 3 heterocycles. The molecule has 2 N–H and O–H groups in total. The Bertz CT molecular complexity index is 934. The van der Waals surface area contributed by atoms with Crippen LogP contribution < -0.4 is 10.2 Å². The molecule has 144 valence electrons. The fraction of sp³-hybridized carbons (Fsp3) is 0.263. The van der Waals surface area contributed by atoms with Crippen LogP contribution in [0.3, 0.4) is 0 Å². The molecule has 28 heavy (non-hydrogen) atoms. The second kappa shape index (κ2) is 8.32. The largest absolute Gasteiger partial charge is 0.459 e. The molecular formula is C19H20N5O3S+. The lowest BCUT2D eigenvalue weighted by molar-refractivity contribution is -0.895. The van der Waals surface area contributed by atoms with Crippen LogP contribution in [-0.2, 0) is 4.79 Å². The van der Waals surface area contributed by atoms with E-state index in [1.165, 1.54) is 17.6 Å². The van der Waals surface area contributed by atoms with E-state index in [0.717, 1.165) is 15.5 Å². The van der Waals surface area contributed by atoms with Gasteiger partial charge in [-0.05, 0) is 12.1 Å². The van der Waals surface area contributed by atoms with E-state index in [2.05, 4.69) is 15.5 Å². The zero-order valence-corrected chi connectivity index (χ0v) is 15.9. The number of amides is 2. The number of carbonyl (C=O) groups is 2. The Kier molecular flexibility index (Phi) is 5.45. The van der Waals surface area contributed by atoms with Crippen LogP contribution in [0.2, 0.25) is 0 Å². The van der Waals surface area contributed by atoms with E-state index in [4.69, 9.17) is 4.42 Å². The zero-order chi connectivity index (χ0) is 19.3. The second-order valence-corrected chi connectivity index (χ2v) is 7.50. The Labute approximate surface area is 165 Å². The second-order valence-electron chi connectivity index (χ2n) is 6.52. The Morgan fingerprint density at radius 3 is 2.61 bits per heavy atom. The Morgan fingerprint density at radius 1 is 1.11 bits per heavy atom. The maximum absolute atomic E-state index is 12.3. The molecule has 1 aliphatic heterocycles. The molecule has 2 amide bonds. The van der Waals surface area contributed by atoms with Crippen LogP contribution in [0.25, 0.3) is 10.6 Å². The molecule has 0 unspecified atom stereocenters. The number of nitrogens with one attached hydrogen (secondary N) is 2. The number of furan rings is 1. The zero-order valence-electron chi connectivity index (χ0n) is 15.1. The van der Waals surface area contributed by atoms with Crippen LogP contribution in [0.4, 0.5) is 5.13 Å². The van der Waals surface area contributed by atoms with E-state index in [-0.39, 0.29) is 11.8 Å². The number of quaternary nitrogens is 1. The van der Waals surface area contributed by atoms with E-state index >= 15 is 0 Å². The highest BCUT2D eigenvalue weighted by atomic mass is 32.1. The van der Waals surface area contributed by atoms with E-state index in [9.17, 15) is 9.59 Å². The van der Waals surface area contributed by atoms with Gasteiger partial charge in [0.2, 0.25) is 5.13 Å². The first-order valence-electron chi connectivity index (χ1n) is 9.04. The molecular weight excluding hydrogens is 378 g/mol. The van der Waals surface area contributed by atoms with Crippen molar-refractivity contribution in [3.63, 3.8) is 0 Å². The summed E-state index contributed by atoms with van der Waals surface area (Å²) < 4.78 is 5.17. The van der Waals surface area contributed by atoms with Gasteiger partial charge in [-0.15, -0.1) is 10.2 Å². The number of rotatable bonds is 5. The molecule has 3 aromatic rings. The topological polar surface area (TPSA) is 92.8 Å². The van der Waals surface area contributed by atoms with Gasteiger partial charge < -0.3 is 14.2 Å². The summed E-state index contributed by atoms with van der Waals surface area (Å²) in [4.78, 5) is 27.5. The molecule has 1 saturated heterocycles. The lowest BCUT2D eigenvalue weighted by atomic mass is 10.2. The van der Waals surface area contributed by atoms with Crippen LogP contribution in [0.5, 0.6) is 0 Å². The van der Waals surface area contributed by atoms with Crippen LogP contribution >= 0.6 is 11.3 Å². The molecule has 0 spiro atoms. The minimum atomic E-state index is -0.101. The summed E-state index contributed by atoms with van der Waals surface area (Å²) in [5, 5.41) is 12.3. The Hall–Kier alpha value is -3.04. The fourth-order valence-electron chi connectivity index (χ4n) is 3.12. The standard InChI is InChI=1S/C19H19N5O3S/c25-16(20-19-22-21-17(28-19)14-5-2-1-3-6-14)13-23-8-10-24(11-9-23)18(26)15-7-4-12-27-15/h1-7,12H,8-11,13H2,(H,20,22,25)/p+1. The van der Waals surface area contributed by atoms with Crippen molar-refractivity contribution >= 4 is 28.3 Å². The van der Waals surface area contributed by atoms with Gasteiger partial charge in [0.1, 0.15) is 5.01 Å². The third-order valence-electron chi connectivity index (χ3n) is 4.59. The summed E-state index contributed by atoms with van der Waals surface area (Å²) in [5.41, 5.74) is 0.975. The quantitative estimate of drug-likeness (QED) is 0.663. The molecule has 1 aliphatic rings. The van der Waals surface area contributed by atoms with Crippen molar-refractivity contribution in [3.8, 4) is 10.6 Å². The summed E-state index contributed by atoms with van der Waals surface area (Å²) in [7, 11) is 0. The molecule has 2 aromatic heterocycles. The smallest absolute Gasteiger partial charge is 0.289 e. The number of piperazine rings is 1. The molecule has 0 bridgehead atoms. The molecule has 8 nitrogen and oxygen atoms in total. The molecule has 0 atom stereocenters. The number of hydrogen-bond acceptors (Lipinski definition) is 6. The molecule has 0 aliphatic carbocycles. The van der Waals surface area contributed by atoms with Crippen molar-refractivity contribution in [3.05, 3.63) is 54.5 Å². The number of hydrogen-bond donors (Lipinski definition) is 2. The molecule has 1 fully saturated rings. The molecule has 0 radical (unpaired) electrons. The highest BCUT2D eigenvalue weighted by molar-refractivity contribution is 7.18. The molecule has 4 rings (SSSR count). The fourth-order valence-corrected chi connectivity index (χ4v) is 3.89. The average Bonchev–Trinajstić information content (AvgIpc) is 3.41. The van der Waals surface area contributed by atoms with Gasteiger partial charge in [0.15, 0.2) is 12.3 Å². The van der Waals surface area contributed by atoms with Gasteiger partial charge >= 0.3 is 0 Å². The van der Waals surface area contributed by atoms with Gasteiger partial charge in [-0.3, -0.25) is 14.9 Å². The summed E-state index contributed by atoms with van der Waals surface area (Å²) in [6, 6.07) is 13.1. The lowest BCUT2D eigenvalue weighted by Crippen LogP contribution is -3.15. The third-order valence-corrected chi connectivity index (χ3v) is 5.48. The van der Waals surface area contributed by atoms with E-state index in [1.807, 2.05) is 30.3 Å². The molecule has 9 heteroatoms. The van der Waals surface area contributed by atoms with Crippen molar-refractivity contribution in [1.29, 1.82) is 0 Å². The highest BCUT2D eigenvalue weighted by Crippen LogP contribution is 2.25. The number of aromatic nitrogens is 2. The molecule has 1 aromatic carbocycles.